The number of oxazole rings is 1. The van der Waals surface area contributed by atoms with E-state index in [1.54, 1.807) is 6.20 Å². The molecule has 5 heteroatoms. The Morgan fingerprint density at radius 1 is 1.26 bits per heavy atom. The topological polar surface area (TPSA) is 38.1 Å². The molecule has 19 heavy (non-hydrogen) atoms. The molecule has 0 unspecified atom stereocenters. The van der Waals surface area contributed by atoms with Gasteiger partial charge >= 0.3 is 0 Å². The fourth-order valence-corrected chi connectivity index (χ4v) is 2.35. The molecule has 0 aliphatic carbocycles. The highest BCUT2D eigenvalue weighted by atomic mass is 79.9. The molecule has 1 aromatic heterocycles. The molecule has 2 rings (SSSR count). The Morgan fingerprint density at radius 3 is 2.68 bits per heavy atom. The zero-order valence-corrected chi connectivity index (χ0v) is 14.3. The summed E-state index contributed by atoms with van der Waals surface area (Å²) in [7, 11) is 0. The Hall–Kier alpha value is -0.650. The second kappa shape index (κ2) is 5.77. The Labute approximate surface area is 130 Å². The van der Waals surface area contributed by atoms with Crippen LogP contribution in [0.4, 0.5) is 0 Å². The average molecular weight is 388 g/mol. The molecule has 0 atom stereocenters. The van der Waals surface area contributed by atoms with Crippen LogP contribution < -0.4 is 5.32 Å². The Kier molecular flexibility index (Phi) is 4.48. The van der Waals surface area contributed by atoms with Crippen molar-refractivity contribution in [2.75, 3.05) is 0 Å². The Balaban J connectivity index is 2.19. The van der Waals surface area contributed by atoms with E-state index in [0.29, 0.717) is 12.4 Å². The van der Waals surface area contributed by atoms with Crippen LogP contribution >= 0.6 is 31.9 Å². The van der Waals surface area contributed by atoms with E-state index in [1.165, 1.54) is 0 Å². The third-order valence-electron chi connectivity index (χ3n) is 2.52. The predicted octanol–water partition coefficient (Wildman–Crippen LogP) is 4.75. The molecule has 1 heterocycles. The standard InChI is InChI=1S/C14H16Br2N2O/c1-14(2,3)18-8-13-17-7-12(19-13)10-6-9(15)4-5-11(10)16/h4-7,18H,8H2,1-3H3. The smallest absolute Gasteiger partial charge is 0.208 e. The van der Waals surface area contributed by atoms with Crippen molar-refractivity contribution in [3.63, 3.8) is 0 Å². The van der Waals surface area contributed by atoms with Gasteiger partial charge in [-0.1, -0.05) is 31.9 Å². The van der Waals surface area contributed by atoms with Crippen LogP contribution in [0.5, 0.6) is 0 Å². The molecule has 2 aromatic rings. The van der Waals surface area contributed by atoms with Crippen molar-refractivity contribution < 1.29 is 4.42 Å². The Morgan fingerprint density at radius 2 is 2.00 bits per heavy atom. The summed E-state index contributed by atoms with van der Waals surface area (Å²) in [5.41, 5.74) is 1.04. The third-order valence-corrected chi connectivity index (χ3v) is 3.70. The molecule has 0 radical (unpaired) electrons. The van der Waals surface area contributed by atoms with E-state index in [0.717, 1.165) is 20.3 Å². The van der Waals surface area contributed by atoms with Crippen molar-refractivity contribution in [2.24, 2.45) is 0 Å². The predicted molar refractivity (Wildman–Crippen MR) is 83.9 cm³/mol. The van der Waals surface area contributed by atoms with E-state index in [2.05, 4.69) is 62.9 Å². The minimum absolute atomic E-state index is 0.0466. The van der Waals surface area contributed by atoms with Gasteiger partial charge in [-0.3, -0.25) is 0 Å². The van der Waals surface area contributed by atoms with E-state index in [1.807, 2.05) is 18.2 Å². The number of halogens is 2. The molecule has 0 fully saturated rings. The van der Waals surface area contributed by atoms with E-state index in [4.69, 9.17) is 4.42 Å². The monoisotopic (exact) mass is 386 g/mol. The van der Waals surface area contributed by atoms with Crippen LogP contribution in [0.1, 0.15) is 26.7 Å². The molecule has 0 spiro atoms. The zero-order valence-electron chi connectivity index (χ0n) is 11.1. The van der Waals surface area contributed by atoms with Gasteiger partial charge in [0.15, 0.2) is 5.76 Å². The molecule has 0 aliphatic heterocycles. The van der Waals surface area contributed by atoms with Gasteiger partial charge in [0.2, 0.25) is 5.89 Å². The van der Waals surface area contributed by atoms with E-state index < -0.39 is 0 Å². The maximum Gasteiger partial charge on any atom is 0.208 e. The highest BCUT2D eigenvalue weighted by Crippen LogP contribution is 2.31. The second-order valence-electron chi connectivity index (χ2n) is 5.35. The van der Waals surface area contributed by atoms with Crippen LogP contribution in [0.25, 0.3) is 11.3 Å². The van der Waals surface area contributed by atoms with Gasteiger partial charge in [-0.15, -0.1) is 0 Å². The quantitative estimate of drug-likeness (QED) is 0.825. The van der Waals surface area contributed by atoms with Gasteiger partial charge in [0.25, 0.3) is 0 Å². The average Bonchev–Trinajstić information content (AvgIpc) is 2.77. The number of hydrogen-bond acceptors (Lipinski definition) is 3. The lowest BCUT2D eigenvalue weighted by Crippen LogP contribution is -2.35. The minimum atomic E-state index is 0.0466. The fraction of sp³-hybridized carbons (Fsp3) is 0.357. The van der Waals surface area contributed by atoms with E-state index in [-0.39, 0.29) is 5.54 Å². The van der Waals surface area contributed by atoms with Gasteiger partial charge in [-0.05, 0) is 39.0 Å². The molecule has 0 bridgehead atoms. The number of nitrogens with one attached hydrogen (secondary N) is 1. The maximum atomic E-state index is 5.78. The SMILES string of the molecule is CC(C)(C)NCc1ncc(-c2cc(Br)ccc2Br)o1. The van der Waals surface area contributed by atoms with Gasteiger partial charge in [-0.2, -0.15) is 0 Å². The first-order valence-corrected chi connectivity index (χ1v) is 7.59. The molecule has 3 nitrogen and oxygen atoms in total. The Bertz CT molecular complexity index is 573. The lowest BCUT2D eigenvalue weighted by Gasteiger charge is -2.18. The summed E-state index contributed by atoms with van der Waals surface area (Å²) in [6.07, 6.45) is 1.76. The zero-order chi connectivity index (χ0) is 14.0. The molecule has 102 valence electrons. The second-order valence-corrected chi connectivity index (χ2v) is 7.12. The van der Waals surface area contributed by atoms with Crippen molar-refractivity contribution >= 4 is 31.9 Å². The highest BCUT2D eigenvalue weighted by Gasteiger charge is 2.13. The highest BCUT2D eigenvalue weighted by molar-refractivity contribution is 9.11. The summed E-state index contributed by atoms with van der Waals surface area (Å²) in [5.74, 6) is 1.45. The number of benzene rings is 1. The minimum Gasteiger partial charge on any atom is -0.439 e. The summed E-state index contributed by atoms with van der Waals surface area (Å²) in [4.78, 5) is 4.30. The lowest BCUT2D eigenvalue weighted by atomic mass is 10.1. The summed E-state index contributed by atoms with van der Waals surface area (Å²) in [6.45, 7) is 6.96. The summed E-state index contributed by atoms with van der Waals surface area (Å²) in [6, 6.07) is 5.96. The molecule has 0 saturated carbocycles. The molecular weight excluding hydrogens is 372 g/mol. The van der Waals surface area contributed by atoms with Gasteiger partial charge < -0.3 is 9.73 Å². The van der Waals surface area contributed by atoms with Crippen molar-refractivity contribution in [1.29, 1.82) is 0 Å². The normalized spacial score (nSPS) is 11.8. The van der Waals surface area contributed by atoms with Gasteiger partial charge in [0.1, 0.15) is 0 Å². The van der Waals surface area contributed by atoms with Crippen molar-refractivity contribution in [3.05, 3.63) is 39.2 Å². The first-order chi connectivity index (χ1) is 8.85. The maximum absolute atomic E-state index is 5.78. The molecule has 0 amide bonds. The van der Waals surface area contributed by atoms with Gasteiger partial charge in [0, 0.05) is 20.0 Å². The summed E-state index contributed by atoms with van der Waals surface area (Å²) in [5, 5.41) is 3.35. The number of rotatable bonds is 3. The fourth-order valence-electron chi connectivity index (χ4n) is 1.54. The molecular formula is C14H16Br2N2O. The number of hydrogen-bond donors (Lipinski definition) is 1. The van der Waals surface area contributed by atoms with E-state index >= 15 is 0 Å². The van der Waals surface area contributed by atoms with Crippen LogP contribution in [-0.4, -0.2) is 10.5 Å². The van der Waals surface area contributed by atoms with Gasteiger partial charge in [-0.25, -0.2) is 4.98 Å². The number of nitrogens with zero attached hydrogens (tertiary/aromatic N) is 1. The van der Waals surface area contributed by atoms with Crippen molar-refractivity contribution in [1.82, 2.24) is 10.3 Å². The van der Waals surface area contributed by atoms with E-state index in [9.17, 15) is 0 Å². The third kappa shape index (κ3) is 4.16. The largest absolute Gasteiger partial charge is 0.439 e. The number of aromatic nitrogens is 1. The molecule has 0 saturated heterocycles. The molecule has 0 aliphatic rings. The van der Waals surface area contributed by atoms with Crippen LogP contribution in [-0.2, 0) is 6.54 Å². The van der Waals surface area contributed by atoms with Crippen LogP contribution in [0.15, 0.2) is 37.8 Å². The molecule has 1 aromatic carbocycles. The van der Waals surface area contributed by atoms with Crippen LogP contribution in [0, 0.1) is 0 Å². The van der Waals surface area contributed by atoms with Crippen LogP contribution in [0.3, 0.4) is 0 Å². The summed E-state index contributed by atoms with van der Waals surface area (Å²) >= 11 is 6.98. The first kappa shape index (κ1) is 14.8. The summed E-state index contributed by atoms with van der Waals surface area (Å²) < 4.78 is 7.78. The van der Waals surface area contributed by atoms with Gasteiger partial charge in [0.05, 0.1) is 12.7 Å². The van der Waals surface area contributed by atoms with Crippen molar-refractivity contribution in [3.8, 4) is 11.3 Å². The van der Waals surface area contributed by atoms with Crippen molar-refractivity contribution in [2.45, 2.75) is 32.9 Å². The molecule has 1 N–H and O–H groups in total. The first-order valence-electron chi connectivity index (χ1n) is 6.00. The lowest BCUT2D eigenvalue weighted by molar-refractivity contribution is 0.383. The van der Waals surface area contributed by atoms with Crippen LogP contribution in [0.2, 0.25) is 0 Å².